The van der Waals surface area contributed by atoms with Gasteiger partial charge in [0.1, 0.15) is 0 Å². The zero-order valence-electron chi connectivity index (χ0n) is 11.1. The van der Waals surface area contributed by atoms with Crippen molar-refractivity contribution in [3.63, 3.8) is 0 Å². The molecule has 3 heteroatoms. The molecule has 1 N–H and O–H groups in total. The summed E-state index contributed by atoms with van der Waals surface area (Å²) >= 11 is 0. The van der Waals surface area contributed by atoms with Crippen LogP contribution in [0.5, 0.6) is 0 Å². The first-order valence-corrected chi connectivity index (χ1v) is 6.76. The van der Waals surface area contributed by atoms with Gasteiger partial charge in [0.05, 0.1) is 19.3 Å². The van der Waals surface area contributed by atoms with Crippen LogP contribution in [-0.2, 0) is 15.9 Å². The van der Waals surface area contributed by atoms with E-state index < -0.39 is 5.79 Å². The van der Waals surface area contributed by atoms with Crippen molar-refractivity contribution < 1.29 is 9.47 Å². The van der Waals surface area contributed by atoms with E-state index in [0.717, 1.165) is 13.2 Å². The molecule has 1 aliphatic heterocycles. The predicted octanol–water partition coefficient (Wildman–Crippen LogP) is 2.42. The molecule has 0 aromatic heterocycles. The third-order valence-electron chi connectivity index (χ3n) is 3.83. The molecular formula is C15H21NO2. The van der Waals surface area contributed by atoms with Gasteiger partial charge in [0.25, 0.3) is 0 Å². The maximum absolute atomic E-state index is 5.69. The van der Waals surface area contributed by atoms with Crippen LogP contribution in [0.25, 0.3) is 0 Å². The van der Waals surface area contributed by atoms with Gasteiger partial charge >= 0.3 is 0 Å². The Kier molecular flexibility index (Phi) is 3.14. The van der Waals surface area contributed by atoms with Crippen molar-refractivity contribution in [3.05, 3.63) is 35.4 Å². The predicted molar refractivity (Wildman–Crippen MR) is 70.4 cm³/mol. The SMILES string of the molecule is CC1(C)OCC(NC2CCc3ccccc32)CO1. The summed E-state index contributed by atoms with van der Waals surface area (Å²) in [6, 6.07) is 9.46. The smallest absolute Gasteiger partial charge is 0.162 e. The van der Waals surface area contributed by atoms with E-state index in [1.165, 1.54) is 24.0 Å². The third-order valence-corrected chi connectivity index (χ3v) is 3.83. The summed E-state index contributed by atoms with van der Waals surface area (Å²) in [6.07, 6.45) is 2.35. The first kappa shape index (κ1) is 12.2. The number of aryl methyl sites for hydroxylation is 1. The van der Waals surface area contributed by atoms with Crippen LogP contribution in [0.4, 0.5) is 0 Å². The Morgan fingerprint density at radius 2 is 1.89 bits per heavy atom. The van der Waals surface area contributed by atoms with Crippen LogP contribution in [-0.4, -0.2) is 25.0 Å². The minimum absolute atomic E-state index is 0.300. The molecular weight excluding hydrogens is 226 g/mol. The third kappa shape index (κ3) is 2.44. The van der Waals surface area contributed by atoms with Crippen LogP contribution in [0.2, 0.25) is 0 Å². The van der Waals surface area contributed by atoms with Gasteiger partial charge in [0, 0.05) is 6.04 Å². The Morgan fingerprint density at radius 1 is 1.17 bits per heavy atom. The molecule has 0 saturated carbocycles. The average Bonchev–Trinajstić information content (AvgIpc) is 2.76. The second kappa shape index (κ2) is 4.65. The number of hydrogen-bond donors (Lipinski definition) is 1. The molecule has 3 nitrogen and oxygen atoms in total. The number of rotatable bonds is 2. The maximum atomic E-state index is 5.69. The van der Waals surface area contributed by atoms with E-state index in [0.29, 0.717) is 12.1 Å². The highest BCUT2D eigenvalue weighted by Crippen LogP contribution is 2.31. The van der Waals surface area contributed by atoms with Crippen molar-refractivity contribution in [3.8, 4) is 0 Å². The molecule has 0 spiro atoms. The topological polar surface area (TPSA) is 30.5 Å². The quantitative estimate of drug-likeness (QED) is 0.870. The zero-order valence-corrected chi connectivity index (χ0v) is 11.1. The average molecular weight is 247 g/mol. The van der Waals surface area contributed by atoms with Crippen molar-refractivity contribution >= 4 is 0 Å². The van der Waals surface area contributed by atoms with E-state index in [1.807, 2.05) is 13.8 Å². The van der Waals surface area contributed by atoms with E-state index >= 15 is 0 Å². The van der Waals surface area contributed by atoms with E-state index in [9.17, 15) is 0 Å². The van der Waals surface area contributed by atoms with Gasteiger partial charge in [-0.1, -0.05) is 24.3 Å². The number of benzene rings is 1. The zero-order chi connectivity index (χ0) is 12.6. The summed E-state index contributed by atoms with van der Waals surface area (Å²) in [5, 5.41) is 3.66. The summed E-state index contributed by atoms with van der Waals surface area (Å²) in [4.78, 5) is 0. The van der Waals surface area contributed by atoms with Crippen molar-refractivity contribution in [1.29, 1.82) is 0 Å². The van der Waals surface area contributed by atoms with Gasteiger partial charge in [-0.3, -0.25) is 0 Å². The fourth-order valence-corrected chi connectivity index (χ4v) is 2.80. The maximum Gasteiger partial charge on any atom is 0.162 e. The molecule has 3 rings (SSSR count). The number of fused-ring (bicyclic) bond motifs is 1. The lowest BCUT2D eigenvalue weighted by atomic mass is 10.1. The molecule has 1 aromatic carbocycles. The highest BCUT2D eigenvalue weighted by molar-refractivity contribution is 5.34. The Morgan fingerprint density at radius 3 is 2.67 bits per heavy atom. The number of nitrogens with one attached hydrogen (secondary N) is 1. The monoisotopic (exact) mass is 247 g/mol. The molecule has 98 valence electrons. The van der Waals surface area contributed by atoms with Crippen LogP contribution in [0.15, 0.2) is 24.3 Å². The second-order valence-corrected chi connectivity index (χ2v) is 5.68. The Bertz CT molecular complexity index is 420. The van der Waals surface area contributed by atoms with Crippen LogP contribution >= 0.6 is 0 Å². The first-order chi connectivity index (χ1) is 8.64. The van der Waals surface area contributed by atoms with Gasteiger partial charge in [-0.15, -0.1) is 0 Å². The molecule has 2 aliphatic rings. The molecule has 1 saturated heterocycles. The number of ether oxygens (including phenoxy) is 2. The molecule has 1 fully saturated rings. The molecule has 0 bridgehead atoms. The highest BCUT2D eigenvalue weighted by atomic mass is 16.7. The van der Waals surface area contributed by atoms with Gasteiger partial charge < -0.3 is 14.8 Å². The van der Waals surface area contributed by atoms with E-state index in [4.69, 9.17) is 9.47 Å². The Hall–Kier alpha value is -0.900. The standard InChI is InChI=1S/C15H21NO2/c1-15(2)17-9-12(10-18-15)16-14-8-7-11-5-3-4-6-13(11)14/h3-6,12,14,16H,7-10H2,1-2H3. The lowest BCUT2D eigenvalue weighted by Gasteiger charge is -2.36. The van der Waals surface area contributed by atoms with E-state index in [1.54, 1.807) is 0 Å². The fourth-order valence-electron chi connectivity index (χ4n) is 2.80. The second-order valence-electron chi connectivity index (χ2n) is 5.68. The van der Waals surface area contributed by atoms with Gasteiger partial charge in [-0.05, 0) is 37.8 Å². The lowest BCUT2D eigenvalue weighted by molar-refractivity contribution is -0.253. The Balaban J connectivity index is 1.62. The lowest BCUT2D eigenvalue weighted by Crippen LogP contribution is -2.49. The molecule has 18 heavy (non-hydrogen) atoms. The van der Waals surface area contributed by atoms with E-state index in [2.05, 4.69) is 29.6 Å². The molecule has 1 atom stereocenters. The summed E-state index contributed by atoms with van der Waals surface area (Å²) < 4.78 is 11.4. The summed E-state index contributed by atoms with van der Waals surface area (Å²) in [7, 11) is 0. The normalized spacial score (nSPS) is 27.1. The van der Waals surface area contributed by atoms with Crippen LogP contribution in [0.3, 0.4) is 0 Å². The van der Waals surface area contributed by atoms with Crippen LogP contribution in [0.1, 0.15) is 37.4 Å². The highest BCUT2D eigenvalue weighted by Gasteiger charge is 2.31. The van der Waals surface area contributed by atoms with Crippen molar-refractivity contribution in [2.24, 2.45) is 0 Å². The number of hydrogen-bond acceptors (Lipinski definition) is 3. The van der Waals surface area contributed by atoms with Crippen molar-refractivity contribution in [1.82, 2.24) is 5.32 Å². The minimum Gasteiger partial charge on any atom is -0.349 e. The first-order valence-electron chi connectivity index (χ1n) is 6.76. The van der Waals surface area contributed by atoms with E-state index in [-0.39, 0.29) is 0 Å². The van der Waals surface area contributed by atoms with Crippen molar-refractivity contribution in [2.75, 3.05) is 13.2 Å². The molecule has 1 unspecified atom stereocenters. The molecule has 1 aliphatic carbocycles. The van der Waals surface area contributed by atoms with Gasteiger partial charge in [0.2, 0.25) is 0 Å². The van der Waals surface area contributed by atoms with Gasteiger partial charge in [-0.25, -0.2) is 0 Å². The Labute approximate surface area is 108 Å². The fraction of sp³-hybridized carbons (Fsp3) is 0.600. The largest absolute Gasteiger partial charge is 0.349 e. The summed E-state index contributed by atoms with van der Waals surface area (Å²) in [6.45, 7) is 5.39. The van der Waals surface area contributed by atoms with Gasteiger partial charge in [-0.2, -0.15) is 0 Å². The summed E-state index contributed by atoms with van der Waals surface area (Å²) in [5.41, 5.74) is 2.93. The van der Waals surface area contributed by atoms with Crippen LogP contribution < -0.4 is 5.32 Å². The van der Waals surface area contributed by atoms with Gasteiger partial charge in [0.15, 0.2) is 5.79 Å². The van der Waals surface area contributed by atoms with Crippen LogP contribution in [0, 0.1) is 0 Å². The molecule has 1 heterocycles. The van der Waals surface area contributed by atoms with Crippen molar-refractivity contribution in [2.45, 2.75) is 44.6 Å². The molecule has 1 aromatic rings. The molecule has 0 amide bonds. The molecule has 0 radical (unpaired) electrons. The summed E-state index contributed by atoms with van der Waals surface area (Å²) in [5.74, 6) is -0.425. The minimum atomic E-state index is -0.425.